The quantitative estimate of drug-likeness (QED) is 0.872. The zero-order chi connectivity index (χ0) is 13.3. The molecule has 0 spiro atoms. The van der Waals surface area contributed by atoms with Crippen LogP contribution >= 0.6 is 0 Å². The highest BCUT2D eigenvalue weighted by molar-refractivity contribution is 5.48. The maximum atomic E-state index is 4.49. The van der Waals surface area contributed by atoms with Crippen molar-refractivity contribution < 1.29 is 0 Å². The monoisotopic (exact) mass is 247 g/mol. The number of nitrogens with one attached hydrogen (secondary N) is 2. The number of aryl methyl sites for hydroxylation is 3. The first-order valence-corrected chi connectivity index (χ1v) is 6.27. The van der Waals surface area contributed by atoms with Crippen LogP contribution in [0.15, 0.2) is 6.20 Å². The summed E-state index contributed by atoms with van der Waals surface area (Å²) in [5.74, 6) is 0.417. The van der Waals surface area contributed by atoms with E-state index in [4.69, 9.17) is 0 Å². The van der Waals surface area contributed by atoms with E-state index in [2.05, 4.69) is 34.5 Å². The van der Waals surface area contributed by atoms with Crippen LogP contribution in [-0.4, -0.2) is 20.0 Å². The number of rotatable bonds is 4. The second-order valence-corrected chi connectivity index (χ2v) is 5.02. The Kier molecular flexibility index (Phi) is 3.41. The average molecular weight is 247 g/mol. The number of H-pyrrole nitrogens is 1. The second kappa shape index (κ2) is 4.84. The summed E-state index contributed by atoms with van der Waals surface area (Å²) in [7, 11) is 1.95. The van der Waals surface area contributed by atoms with Crippen molar-refractivity contribution in [2.45, 2.75) is 40.2 Å². The van der Waals surface area contributed by atoms with Gasteiger partial charge in [-0.3, -0.25) is 9.78 Å². The molecule has 0 aliphatic carbocycles. The molecule has 0 radical (unpaired) electrons. The molecule has 0 fully saturated rings. The largest absolute Gasteiger partial charge is 0.378 e. The Balaban J connectivity index is 2.15. The molecule has 0 saturated carbocycles. The first-order valence-electron chi connectivity index (χ1n) is 6.27. The van der Waals surface area contributed by atoms with E-state index in [0.717, 1.165) is 29.3 Å². The Morgan fingerprint density at radius 3 is 2.67 bits per heavy atom. The molecule has 2 heterocycles. The molecule has 0 aliphatic rings. The molecule has 0 aliphatic heterocycles. The molecule has 2 aromatic heterocycles. The predicted octanol–water partition coefficient (Wildman–Crippen LogP) is 2.50. The molecule has 98 valence electrons. The van der Waals surface area contributed by atoms with Crippen molar-refractivity contribution in [3.63, 3.8) is 0 Å². The first kappa shape index (κ1) is 12.7. The van der Waals surface area contributed by atoms with Crippen LogP contribution in [0.3, 0.4) is 0 Å². The van der Waals surface area contributed by atoms with Crippen LogP contribution in [0, 0.1) is 13.8 Å². The van der Waals surface area contributed by atoms with Crippen LogP contribution < -0.4 is 5.32 Å². The molecular weight excluding hydrogens is 226 g/mol. The van der Waals surface area contributed by atoms with Crippen LogP contribution in [-0.2, 0) is 13.6 Å². The zero-order valence-corrected chi connectivity index (χ0v) is 11.7. The number of hydrogen-bond donors (Lipinski definition) is 2. The van der Waals surface area contributed by atoms with Gasteiger partial charge in [-0.1, -0.05) is 13.8 Å². The standard InChI is InChI=1S/C13H21N5/c1-8(2)13-12(7-18(5)17-13)14-6-11-9(3)15-16-10(11)4/h7-8,14H,6H2,1-5H3,(H,15,16). The lowest BCUT2D eigenvalue weighted by atomic mass is 10.1. The SMILES string of the molecule is Cc1n[nH]c(C)c1CNc1cn(C)nc1C(C)C. The van der Waals surface area contributed by atoms with Crippen molar-refractivity contribution in [3.8, 4) is 0 Å². The maximum absolute atomic E-state index is 4.49. The second-order valence-electron chi connectivity index (χ2n) is 5.02. The Morgan fingerprint density at radius 1 is 1.39 bits per heavy atom. The van der Waals surface area contributed by atoms with Crippen LogP contribution in [0.5, 0.6) is 0 Å². The summed E-state index contributed by atoms with van der Waals surface area (Å²) < 4.78 is 1.85. The normalized spacial score (nSPS) is 11.2. The molecule has 2 aromatic rings. The van der Waals surface area contributed by atoms with Gasteiger partial charge in [0.2, 0.25) is 0 Å². The smallest absolute Gasteiger partial charge is 0.0881 e. The topological polar surface area (TPSA) is 58.5 Å². The molecule has 5 nitrogen and oxygen atoms in total. The molecule has 0 atom stereocenters. The lowest BCUT2D eigenvalue weighted by Crippen LogP contribution is -2.03. The fourth-order valence-corrected chi connectivity index (χ4v) is 2.09. The molecule has 0 amide bonds. The number of anilines is 1. The van der Waals surface area contributed by atoms with Gasteiger partial charge in [0.05, 0.1) is 17.1 Å². The van der Waals surface area contributed by atoms with Gasteiger partial charge >= 0.3 is 0 Å². The lowest BCUT2D eigenvalue weighted by Gasteiger charge is -2.08. The third-order valence-electron chi connectivity index (χ3n) is 3.14. The minimum absolute atomic E-state index is 0.417. The van der Waals surface area contributed by atoms with Crippen molar-refractivity contribution >= 4 is 5.69 Å². The predicted molar refractivity (Wildman–Crippen MR) is 72.7 cm³/mol. The minimum atomic E-state index is 0.417. The van der Waals surface area contributed by atoms with Gasteiger partial charge in [-0.05, 0) is 19.8 Å². The number of aromatic nitrogens is 4. The lowest BCUT2D eigenvalue weighted by molar-refractivity contribution is 0.713. The summed E-state index contributed by atoms with van der Waals surface area (Å²) in [5, 5.41) is 15.2. The van der Waals surface area contributed by atoms with E-state index in [-0.39, 0.29) is 0 Å². The van der Waals surface area contributed by atoms with E-state index in [1.165, 1.54) is 5.56 Å². The molecule has 5 heteroatoms. The fraction of sp³-hybridized carbons (Fsp3) is 0.538. The number of aromatic amines is 1. The highest BCUT2D eigenvalue weighted by atomic mass is 15.3. The van der Waals surface area contributed by atoms with Gasteiger partial charge in [0.1, 0.15) is 0 Å². The van der Waals surface area contributed by atoms with Gasteiger partial charge in [-0.15, -0.1) is 0 Å². The number of hydrogen-bond acceptors (Lipinski definition) is 3. The number of nitrogens with zero attached hydrogens (tertiary/aromatic N) is 3. The van der Waals surface area contributed by atoms with Crippen LogP contribution in [0.1, 0.15) is 42.4 Å². The molecule has 18 heavy (non-hydrogen) atoms. The Morgan fingerprint density at radius 2 is 2.11 bits per heavy atom. The summed E-state index contributed by atoms with van der Waals surface area (Å²) in [6, 6.07) is 0. The molecule has 0 unspecified atom stereocenters. The van der Waals surface area contributed by atoms with Gasteiger partial charge < -0.3 is 5.32 Å². The highest BCUT2D eigenvalue weighted by Gasteiger charge is 2.12. The van der Waals surface area contributed by atoms with Gasteiger partial charge in [-0.25, -0.2) is 0 Å². The minimum Gasteiger partial charge on any atom is -0.378 e. The highest BCUT2D eigenvalue weighted by Crippen LogP contribution is 2.23. The molecule has 0 bridgehead atoms. The van der Waals surface area contributed by atoms with E-state index in [1.807, 2.05) is 31.8 Å². The van der Waals surface area contributed by atoms with E-state index in [0.29, 0.717) is 5.92 Å². The maximum Gasteiger partial charge on any atom is 0.0881 e. The van der Waals surface area contributed by atoms with E-state index in [9.17, 15) is 0 Å². The summed E-state index contributed by atoms with van der Waals surface area (Å²) >= 11 is 0. The molecule has 0 aromatic carbocycles. The fourth-order valence-electron chi connectivity index (χ4n) is 2.09. The zero-order valence-electron chi connectivity index (χ0n) is 11.7. The molecule has 2 rings (SSSR count). The van der Waals surface area contributed by atoms with Crippen LogP contribution in [0.2, 0.25) is 0 Å². The van der Waals surface area contributed by atoms with Gasteiger partial charge in [-0.2, -0.15) is 10.2 Å². The van der Waals surface area contributed by atoms with Crippen molar-refractivity contribution in [2.24, 2.45) is 7.05 Å². The molecule has 2 N–H and O–H groups in total. The van der Waals surface area contributed by atoms with Crippen LogP contribution in [0.4, 0.5) is 5.69 Å². The van der Waals surface area contributed by atoms with Gasteiger partial charge in [0.25, 0.3) is 0 Å². The van der Waals surface area contributed by atoms with Crippen molar-refractivity contribution in [3.05, 3.63) is 28.8 Å². The van der Waals surface area contributed by atoms with E-state index in [1.54, 1.807) is 0 Å². The van der Waals surface area contributed by atoms with Crippen molar-refractivity contribution in [2.75, 3.05) is 5.32 Å². The Hall–Kier alpha value is -1.78. The Labute approximate surface area is 108 Å². The first-order chi connectivity index (χ1) is 8.49. The average Bonchev–Trinajstić information content (AvgIpc) is 2.81. The van der Waals surface area contributed by atoms with E-state index >= 15 is 0 Å². The Bertz CT molecular complexity index is 516. The molecular formula is C13H21N5. The van der Waals surface area contributed by atoms with E-state index < -0.39 is 0 Å². The molecule has 0 saturated heterocycles. The third kappa shape index (κ3) is 2.39. The summed E-state index contributed by atoms with van der Waals surface area (Å²) in [6.07, 6.45) is 2.03. The summed E-state index contributed by atoms with van der Waals surface area (Å²) in [6.45, 7) is 9.15. The van der Waals surface area contributed by atoms with Gasteiger partial charge in [0.15, 0.2) is 0 Å². The summed E-state index contributed by atoms with van der Waals surface area (Å²) in [4.78, 5) is 0. The van der Waals surface area contributed by atoms with Crippen molar-refractivity contribution in [1.82, 2.24) is 20.0 Å². The third-order valence-corrected chi connectivity index (χ3v) is 3.14. The van der Waals surface area contributed by atoms with Gasteiger partial charge in [0, 0.05) is 31.0 Å². The van der Waals surface area contributed by atoms with Crippen LogP contribution in [0.25, 0.3) is 0 Å². The van der Waals surface area contributed by atoms with Crippen molar-refractivity contribution in [1.29, 1.82) is 0 Å². The summed E-state index contributed by atoms with van der Waals surface area (Å²) in [5.41, 5.74) is 5.61.